The van der Waals surface area contributed by atoms with E-state index in [1.54, 1.807) is 19.8 Å². The zero-order valence-corrected chi connectivity index (χ0v) is 17.6. The van der Waals surface area contributed by atoms with Gasteiger partial charge in [0.05, 0.1) is 26.9 Å². The fourth-order valence-corrected chi connectivity index (χ4v) is 8.35. The van der Waals surface area contributed by atoms with Crippen LogP contribution in [0.3, 0.4) is 0 Å². The first-order valence-electron chi connectivity index (χ1n) is 11.3. The molecule has 5 aliphatic heterocycles. The zero-order chi connectivity index (χ0) is 19.5. The lowest BCUT2D eigenvalue weighted by Gasteiger charge is -2.60. The van der Waals surface area contributed by atoms with Crippen LogP contribution >= 0.6 is 0 Å². The van der Waals surface area contributed by atoms with E-state index in [0.29, 0.717) is 36.1 Å². The molecule has 0 radical (unpaired) electrons. The van der Waals surface area contributed by atoms with Crippen molar-refractivity contribution in [2.24, 2.45) is 11.8 Å². The normalized spacial score (nSPS) is 43.6. The molecular weight excluding hydrogens is 364 g/mol. The van der Waals surface area contributed by atoms with Gasteiger partial charge in [0.1, 0.15) is 0 Å². The van der Waals surface area contributed by atoms with Gasteiger partial charge in [-0.2, -0.15) is 0 Å². The molecule has 154 valence electrons. The van der Waals surface area contributed by atoms with E-state index >= 15 is 0 Å². The van der Waals surface area contributed by atoms with E-state index in [-0.39, 0.29) is 5.41 Å². The summed E-state index contributed by atoms with van der Waals surface area (Å²) in [5.74, 6) is 3.01. The molecule has 2 bridgehead atoms. The van der Waals surface area contributed by atoms with Crippen molar-refractivity contribution in [1.82, 2.24) is 4.90 Å². The summed E-state index contributed by atoms with van der Waals surface area (Å²) in [5, 5.41) is 0. The number of fused-ring (bicyclic) bond motifs is 2. The molecule has 0 N–H and O–H groups in total. The van der Waals surface area contributed by atoms with Crippen LogP contribution < -0.4 is 14.4 Å². The molecule has 5 heterocycles. The second kappa shape index (κ2) is 5.50. The number of hydrogen-bond acceptors (Lipinski definition) is 5. The van der Waals surface area contributed by atoms with Gasteiger partial charge in [0.25, 0.3) is 0 Å². The average Bonchev–Trinajstić information content (AvgIpc) is 3.20. The molecule has 3 saturated heterocycles. The predicted molar refractivity (Wildman–Crippen MR) is 111 cm³/mol. The maximum absolute atomic E-state index is 6.51. The summed E-state index contributed by atoms with van der Waals surface area (Å²) in [6, 6.07) is 6.22. The highest BCUT2D eigenvalue weighted by Crippen LogP contribution is 2.67. The Hall–Kier alpha value is -1.72. The van der Waals surface area contributed by atoms with Gasteiger partial charge >= 0.3 is 0 Å². The third-order valence-corrected chi connectivity index (χ3v) is 9.26. The van der Waals surface area contributed by atoms with Crippen molar-refractivity contribution in [3.8, 4) is 11.5 Å². The summed E-state index contributed by atoms with van der Waals surface area (Å²) in [5.41, 5.74) is 4.75. The Morgan fingerprint density at radius 3 is 2.79 bits per heavy atom. The Morgan fingerprint density at radius 2 is 1.97 bits per heavy atom. The number of rotatable bonds is 2. The van der Waals surface area contributed by atoms with Crippen molar-refractivity contribution in [2.45, 2.75) is 55.8 Å². The highest BCUT2D eigenvalue weighted by Gasteiger charge is 2.70. The minimum atomic E-state index is 0.197. The second-order valence-corrected chi connectivity index (χ2v) is 10.0. The van der Waals surface area contributed by atoms with Crippen LogP contribution in [-0.2, 0) is 10.2 Å². The third-order valence-electron chi connectivity index (χ3n) is 9.26. The molecule has 1 spiro atoms. The molecule has 7 rings (SSSR count). The van der Waals surface area contributed by atoms with Crippen molar-refractivity contribution < 1.29 is 14.2 Å². The van der Waals surface area contributed by atoms with E-state index < -0.39 is 0 Å². The fraction of sp³-hybridized carbons (Fsp3) is 0.667. The van der Waals surface area contributed by atoms with Gasteiger partial charge in [0.15, 0.2) is 11.5 Å². The molecule has 0 amide bonds. The van der Waals surface area contributed by atoms with Crippen LogP contribution in [0.4, 0.5) is 5.69 Å². The minimum absolute atomic E-state index is 0.197. The number of hydrogen-bond donors (Lipinski definition) is 0. The van der Waals surface area contributed by atoms with Crippen LogP contribution in [0.2, 0.25) is 0 Å². The van der Waals surface area contributed by atoms with Gasteiger partial charge in [-0.1, -0.05) is 11.6 Å². The summed E-state index contributed by atoms with van der Waals surface area (Å²) in [6.45, 7) is 5.55. The van der Waals surface area contributed by atoms with E-state index in [9.17, 15) is 0 Å². The largest absolute Gasteiger partial charge is 0.493 e. The molecule has 1 aromatic rings. The number of piperidine rings is 2. The van der Waals surface area contributed by atoms with Crippen LogP contribution in [0.5, 0.6) is 11.5 Å². The zero-order valence-electron chi connectivity index (χ0n) is 17.6. The number of anilines is 1. The van der Waals surface area contributed by atoms with Gasteiger partial charge in [0, 0.05) is 47.8 Å². The summed E-state index contributed by atoms with van der Waals surface area (Å²) in [6.07, 6.45) is 6.47. The first kappa shape index (κ1) is 17.0. The van der Waals surface area contributed by atoms with Crippen LogP contribution in [0.1, 0.15) is 31.7 Å². The highest BCUT2D eigenvalue weighted by molar-refractivity contribution is 5.73. The Bertz CT molecular complexity index is 929. The van der Waals surface area contributed by atoms with Crippen molar-refractivity contribution in [2.75, 3.05) is 38.8 Å². The van der Waals surface area contributed by atoms with E-state index in [1.807, 2.05) is 0 Å². The topological polar surface area (TPSA) is 34.2 Å². The molecule has 6 aliphatic rings. The Kier molecular flexibility index (Phi) is 3.22. The second-order valence-electron chi connectivity index (χ2n) is 10.0. The standard InChI is InChI=1S/C24H30N2O3/c1-13-8-20-22-15-9-21-24(5-6-25(21)12-14(15)4-7-29-20)16-10-18(27-2)19(28-3)11-17(16)26(13)23(22)24/h4,10-11,13,15,20-23H,5-9,12H2,1-3H3/t13-,15-,20+,21-,22-,23+,24-/m0/s1. The monoisotopic (exact) mass is 394 g/mol. The minimum Gasteiger partial charge on any atom is -0.493 e. The number of benzene rings is 1. The maximum atomic E-state index is 6.51. The molecule has 29 heavy (non-hydrogen) atoms. The maximum Gasteiger partial charge on any atom is 0.162 e. The van der Waals surface area contributed by atoms with Crippen molar-refractivity contribution in [3.63, 3.8) is 0 Å². The molecule has 1 aliphatic carbocycles. The lowest BCUT2D eigenvalue weighted by Crippen LogP contribution is -2.69. The van der Waals surface area contributed by atoms with Crippen LogP contribution in [0.25, 0.3) is 0 Å². The SMILES string of the molecule is COc1cc2c(cc1OC)[C@]13CCN4CC5=CCO[C@@H]6C[C@H](C)N2[C@@H]1[C@H]6[C@H]5C[C@H]43. The summed E-state index contributed by atoms with van der Waals surface area (Å²) >= 11 is 0. The number of nitrogens with zero attached hydrogens (tertiary/aromatic N) is 2. The highest BCUT2D eigenvalue weighted by atomic mass is 16.5. The van der Waals surface area contributed by atoms with E-state index in [4.69, 9.17) is 14.2 Å². The van der Waals surface area contributed by atoms with E-state index in [2.05, 4.69) is 34.9 Å². The van der Waals surface area contributed by atoms with Crippen molar-refractivity contribution >= 4 is 5.69 Å². The summed E-state index contributed by atoms with van der Waals surface area (Å²) in [7, 11) is 3.51. The van der Waals surface area contributed by atoms with Crippen molar-refractivity contribution in [3.05, 3.63) is 29.3 Å². The first-order valence-corrected chi connectivity index (χ1v) is 11.3. The average molecular weight is 395 g/mol. The summed E-state index contributed by atoms with van der Waals surface area (Å²) in [4.78, 5) is 5.56. The Labute approximate surface area is 172 Å². The lowest BCUT2D eigenvalue weighted by atomic mass is 9.53. The van der Waals surface area contributed by atoms with Gasteiger partial charge in [0.2, 0.25) is 0 Å². The van der Waals surface area contributed by atoms with E-state index in [1.165, 1.54) is 30.6 Å². The molecule has 0 unspecified atom stereocenters. The van der Waals surface area contributed by atoms with Gasteiger partial charge in [-0.3, -0.25) is 4.90 Å². The predicted octanol–water partition coefficient (Wildman–Crippen LogP) is 2.97. The number of methoxy groups -OCH3 is 2. The van der Waals surface area contributed by atoms with Gasteiger partial charge in [-0.15, -0.1) is 0 Å². The molecule has 5 nitrogen and oxygen atoms in total. The molecule has 1 saturated carbocycles. The molecule has 7 atom stereocenters. The fourth-order valence-electron chi connectivity index (χ4n) is 8.35. The quantitative estimate of drug-likeness (QED) is 0.721. The molecule has 5 heteroatoms. The first-order chi connectivity index (χ1) is 14.2. The van der Waals surface area contributed by atoms with Gasteiger partial charge < -0.3 is 19.1 Å². The van der Waals surface area contributed by atoms with E-state index in [0.717, 1.165) is 31.1 Å². The third kappa shape index (κ3) is 1.82. The summed E-state index contributed by atoms with van der Waals surface area (Å²) < 4.78 is 18.0. The van der Waals surface area contributed by atoms with Gasteiger partial charge in [-0.05, 0) is 50.3 Å². The molecule has 1 aromatic carbocycles. The van der Waals surface area contributed by atoms with Crippen molar-refractivity contribution in [1.29, 1.82) is 0 Å². The smallest absolute Gasteiger partial charge is 0.162 e. The Morgan fingerprint density at radius 1 is 1.14 bits per heavy atom. The van der Waals surface area contributed by atoms with Crippen LogP contribution in [-0.4, -0.2) is 63.0 Å². The molecule has 4 fully saturated rings. The molecular formula is C24H30N2O3. The van der Waals surface area contributed by atoms with Crippen LogP contribution in [0.15, 0.2) is 23.8 Å². The lowest BCUT2D eigenvalue weighted by molar-refractivity contribution is -0.0641. The number of ether oxygens (including phenoxy) is 3. The molecule has 0 aromatic heterocycles. The van der Waals surface area contributed by atoms with Gasteiger partial charge in [-0.25, -0.2) is 0 Å². The van der Waals surface area contributed by atoms with Crippen LogP contribution in [0, 0.1) is 11.8 Å². The Balaban J connectivity index is 1.51.